The molecule has 2 aromatic rings. The van der Waals surface area contributed by atoms with Gasteiger partial charge in [-0.3, -0.25) is 0 Å². The quantitative estimate of drug-likeness (QED) is 0.673. The van der Waals surface area contributed by atoms with E-state index >= 15 is 0 Å². The molecule has 0 aromatic carbocycles. The normalized spacial score (nSPS) is 10.6. The van der Waals surface area contributed by atoms with Gasteiger partial charge in [0, 0.05) is 5.56 Å². The zero-order chi connectivity index (χ0) is 11.4. The number of nitrogens with zero attached hydrogens (tertiary/aromatic N) is 2. The molecule has 4 nitrogen and oxygen atoms in total. The van der Waals surface area contributed by atoms with Gasteiger partial charge in [-0.15, -0.1) is 0 Å². The minimum absolute atomic E-state index is 0.167. The van der Waals surface area contributed by atoms with Gasteiger partial charge in [-0.1, -0.05) is 23.4 Å². The molecule has 0 bridgehead atoms. The number of aliphatic hydroxyl groups is 1. The summed E-state index contributed by atoms with van der Waals surface area (Å²) in [7, 11) is 0. The highest BCUT2D eigenvalue weighted by Crippen LogP contribution is 2.27. The predicted octanol–water partition coefficient (Wildman–Crippen LogP) is 2.51. The monoisotopic (exact) mass is 256 g/mol. The van der Waals surface area contributed by atoms with Crippen LogP contribution in [0.15, 0.2) is 34.2 Å². The van der Waals surface area contributed by atoms with Crippen molar-refractivity contribution in [1.29, 1.82) is 0 Å². The van der Waals surface area contributed by atoms with E-state index in [1.54, 1.807) is 6.26 Å². The number of hydrogen-bond acceptors (Lipinski definition) is 5. The number of aliphatic hydroxyl groups excluding tert-OH is 1. The Labute approximate surface area is 102 Å². The van der Waals surface area contributed by atoms with E-state index in [1.165, 1.54) is 18.1 Å². The molecule has 0 aliphatic carbocycles. The lowest BCUT2D eigenvalue weighted by Crippen LogP contribution is -1.95. The second-order valence-electron chi connectivity index (χ2n) is 2.97. The Kier molecular flexibility index (Phi) is 3.82. The maximum Gasteiger partial charge on any atom is 0.139 e. The SMILES string of the molecule is OCc1c(Cl)ncnc1SCc1ccco1. The van der Waals surface area contributed by atoms with Gasteiger partial charge in [0.2, 0.25) is 0 Å². The largest absolute Gasteiger partial charge is 0.468 e. The summed E-state index contributed by atoms with van der Waals surface area (Å²) in [6, 6.07) is 3.71. The van der Waals surface area contributed by atoms with Crippen LogP contribution in [0.25, 0.3) is 0 Å². The molecule has 6 heteroatoms. The highest BCUT2D eigenvalue weighted by atomic mass is 35.5. The number of aromatic nitrogens is 2. The first-order valence-corrected chi connectivity index (χ1v) is 5.93. The molecule has 0 saturated carbocycles. The van der Waals surface area contributed by atoms with Crippen molar-refractivity contribution in [3.05, 3.63) is 41.2 Å². The Morgan fingerprint density at radius 2 is 2.31 bits per heavy atom. The van der Waals surface area contributed by atoms with Crippen molar-refractivity contribution in [2.24, 2.45) is 0 Å². The average molecular weight is 257 g/mol. The zero-order valence-corrected chi connectivity index (χ0v) is 9.83. The Morgan fingerprint density at radius 3 is 3.00 bits per heavy atom. The number of halogens is 1. The summed E-state index contributed by atoms with van der Waals surface area (Å²) < 4.78 is 5.20. The van der Waals surface area contributed by atoms with E-state index in [1.807, 2.05) is 12.1 Å². The lowest BCUT2D eigenvalue weighted by Gasteiger charge is -2.05. The third-order valence-corrected chi connectivity index (χ3v) is 3.32. The van der Waals surface area contributed by atoms with Gasteiger partial charge in [-0.2, -0.15) is 0 Å². The van der Waals surface area contributed by atoms with Crippen molar-refractivity contribution in [3.63, 3.8) is 0 Å². The summed E-state index contributed by atoms with van der Waals surface area (Å²) in [6.07, 6.45) is 3.00. The third kappa shape index (κ3) is 2.55. The van der Waals surface area contributed by atoms with Crippen LogP contribution in [0.3, 0.4) is 0 Å². The van der Waals surface area contributed by atoms with Crippen LogP contribution in [0.5, 0.6) is 0 Å². The fraction of sp³-hybridized carbons (Fsp3) is 0.200. The highest BCUT2D eigenvalue weighted by Gasteiger charge is 2.10. The summed E-state index contributed by atoms with van der Waals surface area (Å²) in [4.78, 5) is 7.89. The highest BCUT2D eigenvalue weighted by molar-refractivity contribution is 7.98. The van der Waals surface area contributed by atoms with Crippen molar-refractivity contribution >= 4 is 23.4 Å². The molecular weight excluding hydrogens is 248 g/mol. The summed E-state index contributed by atoms with van der Waals surface area (Å²) in [5, 5.41) is 10.1. The van der Waals surface area contributed by atoms with Crippen molar-refractivity contribution in [1.82, 2.24) is 9.97 Å². The van der Waals surface area contributed by atoms with Gasteiger partial charge >= 0.3 is 0 Å². The molecular formula is C10H9ClN2O2S. The molecule has 0 radical (unpaired) electrons. The number of furan rings is 1. The molecule has 84 valence electrons. The van der Waals surface area contributed by atoms with Gasteiger partial charge in [-0.25, -0.2) is 9.97 Å². The van der Waals surface area contributed by atoms with Crippen molar-refractivity contribution in [3.8, 4) is 0 Å². The fourth-order valence-corrected chi connectivity index (χ4v) is 2.32. The van der Waals surface area contributed by atoms with Gasteiger partial charge in [0.15, 0.2) is 0 Å². The van der Waals surface area contributed by atoms with Crippen LogP contribution in [-0.4, -0.2) is 15.1 Å². The first-order chi connectivity index (χ1) is 7.81. The second kappa shape index (κ2) is 5.34. The molecule has 0 amide bonds. The molecule has 0 atom stereocenters. The topological polar surface area (TPSA) is 59.2 Å². The summed E-state index contributed by atoms with van der Waals surface area (Å²) in [5.41, 5.74) is 0.556. The van der Waals surface area contributed by atoms with E-state index < -0.39 is 0 Å². The number of hydrogen-bond donors (Lipinski definition) is 1. The first kappa shape index (κ1) is 11.4. The van der Waals surface area contributed by atoms with Crippen LogP contribution in [-0.2, 0) is 12.4 Å². The summed E-state index contributed by atoms with van der Waals surface area (Å²) >= 11 is 7.30. The minimum Gasteiger partial charge on any atom is -0.468 e. The minimum atomic E-state index is -0.167. The van der Waals surface area contributed by atoms with Crippen molar-refractivity contribution in [2.45, 2.75) is 17.4 Å². The molecule has 1 N–H and O–H groups in total. The molecule has 0 fully saturated rings. The Hall–Kier alpha value is -1.04. The van der Waals surface area contributed by atoms with Crippen molar-refractivity contribution in [2.75, 3.05) is 0 Å². The number of thioether (sulfide) groups is 1. The van der Waals surface area contributed by atoms with Gasteiger partial charge in [-0.05, 0) is 12.1 Å². The molecule has 2 heterocycles. The van der Waals surface area contributed by atoms with Gasteiger partial charge in [0.05, 0.1) is 18.6 Å². The Balaban J connectivity index is 2.12. The molecule has 0 aliphatic rings. The lowest BCUT2D eigenvalue weighted by atomic mass is 10.4. The number of rotatable bonds is 4. The first-order valence-electron chi connectivity index (χ1n) is 4.56. The van der Waals surface area contributed by atoms with Crippen LogP contribution >= 0.6 is 23.4 Å². The summed E-state index contributed by atoms with van der Waals surface area (Å²) in [5.74, 6) is 1.50. The van der Waals surface area contributed by atoms with Crippen LogP contribution in [0.1, 0.15) is 11.3 Å². The fourth-order valence-electron chi connectivity index (χ4n) is 1.17. The standard InChI is InChI=1S/C10H9ClN2O2S/c11-9-8(4-14)10(13-6-12-9)16-5-7-2-1-3-15-7/h1-3,6,14H,4-5H2. The van der Waals surface area contributed by atoms with E-state index in [0.29, 0.717) is 21.5 Å². The van der Waals surface area contributed by atoms with Gasteiger partial charge in [0.25, 0.3) is 0 Å². The lowest BCUT2D eigenvalue weighted by molar-refractivity contribution is 0.277. The molecule has 2 aromatic heterocycles. The smallest absolute Gasteiger partial charge is 0.139 e. The van der Waals surface area contributed by atoms with E-state index in [9.17, 15) is 0 Å². The Morgan fingerprint density at radius 1 is 1.44 bits per heavy atom. The van der Waals surface area contributed by atoms with Crippen LogP contribution < -0.4 is 0 Å². The third-order valence-electron chi connectivity index (χ3n) is 1.94. The maximum atomic E-state index is 9.16. The second-order valence-corrected chi connectivity index (χ2v) is 4.30. The van der Waals surface area contributed by atoms with Gasteiger partial charge in [0.1, 0.15) is 22.3 Å². The molecule has 0 spiro atoms. The van der Waals surface area contributed by atoms with Gasteiger partial charge < -0.3 is 9.52 Å². The molecule has 16 heavy (non-hydrogen) atoms. The van der Waals surface area contributed by atoms with E-state index in [4.69, 9.17) is 21.1 Å². The molecule has 0 unspecified atom stereocenters. The van der Waals surface area contributed by atoms with E-state index in [0.717, 1.165) is 5.76 Å². The van der Waals surface area contributed by atoms with Crippen molar-refractivity contribution < 1.29 is 9.52 Å². The van der Waals surface area contributed by atoms with E-state index in [-0.39, 0.29) is 6.61 Å². The molecule has 0 saturated heterocycles. The maximum absolute atomic E-state index is 9.16. The van der Waals surface area contributed by atoms with Crippen LogP contribution in [0.2, 0.25) is 5.15 Å². The van der Waals surface area contributed by atoms with Crippen LogP contribution in [0, 0.1) is 0 Å². The zero-order valence-electron chi connectivity index (χ0n) is 8.26. The molecule has 2 rings (SSSR count). The van der Waals surface area contributed by atoms with E-state index in [2.05, 4.69) is 9.97 Å². The Bertz CT molecular complexity index is 462. The molecule has 0 aliphatic heterocycles. The summed E-state index contributed by atoms with van der Waals surface area (Å²) in [6.45, 7) is -0.167. The van der Waals surface area contributed by atoms with Crippen LogP contribution in [0.4, 0.5) is 0 Å². The average Bonchev–Trinajstić information content (AvgIpc) is 2.79. The predicted molar refractivity (Wildman–Crippen MR) is 61.2 cm³/mol.